The standard InChI is InChI=1S/C19H19NO3/c1-12-3-2-4-14(9-12)20-19(21)16-11-15(16)13-5-6-17-18(10-13)23-8-7-22-17/h2-6,9-10,15-16H,7-8,11H2,1H3,(H,20,21)/t15-,16+/m1/s1. The topological polar surface area (TPSA) is 47.6 Å². The van der Waals surface area contributed by atoms with Gasteiger partial charge in [0, 0.05) is 11.6 Å². The van der Waals surface area contributed by atoms with Gasteiger partial charge in [0.05, 0.1) is 0 Å². The number of aryl methyl sites for hydroxylation is 1. The van der Waals surface area contributed by atoms with Crippen molar-refractivity contribution in [1.29, 1.82) is 0 Å². The van der Waals surface area contributed by atoms with Crippen molar-refractivity contribution in [3.63, 3.8) is 0 Å². The molecule has 1 aliphatic carbocycles. The van der Waals surface area contributed by atoms with Crippen LogP contribution in [-0.4, -0.2) is 19.1 Å². The number of carbonyl (C=O) groups is 1. The van der Waals surface area contributed by atoms with E-state index < -0.39 is 0 Å². The van der Waals surface area contributed by atoms with E-state index in [2.05, 4.69) is 5.32 Å². The molecule has 2 aromatic carbocycles. The van der Waals surface area contributed by atoms with Crippen molar-refractivity contribution < 1.29 is 14.3 Å². The molecule has 0 unspecified atom stereocenters. The van der Waals surface area contributed by atoms with E-state index in [9.17, 15) is 4.79 Å². The van der Waals surface area contributed by atoms with Crippen LogP contribution in [0.5, 0.6) is 11.5 Å². The zero-order chi connectivity index (χ0) is 15.8. The minimum atomic E-state index is 0.0399. The molecule has 1 aliphatic heterocycles. The van der Waals surface area contributed by atoms with Gasteiger partial charge in [0.25, 0.3) is 0 Å². The van der Waals surface area contributed by atoms with Gasteiger partial charge in [-0.25, -0.2) is 0 Å². The molecule has 118 valence electrons. The number of rotatable bonds is 3. The molecule has 1 fully saturated rings. The monoisotopic (exact) mass is 309 g/mol. The molecular weight excluding hydrogens is 290 g/mol. The Labute approximate surface area is 135 Å². The van der Waals surface area contributed by atoms with Gasteiger partial charge >= 0.3 is 0 Å². The van der Waals surface area contributed by atoms with Crippen molar-refractivity contribution in [3.05, 3.63) is 53.6 Å². The second kappa shape index (κ2) is 5.61. The lowest BCUT2D eigenvalue weighted by Gasteiger charge is -2.18. The van der Waals surface area contributed by atoms with Crippen LogP contribution in [-0.2, 0) is 4.79 Å². The number of carbonyl (C=O) groups excluding carboxylic acids is 1. The third kappa shape index (κ3) is 2.89. The van der Waals surface area contributed by atoms with Crippen molar-refractivity contribution >= 4 is 11.6 Å². The highest BCUT2D eigenvalue weighted by atomic mass is 16.6. The minimum absolute atomic E-state index is 0.0399. The molecular formula is C19H19NO3. The Hall–Kier alpha value is -2.49. The molecule has 1 heterocycles. The highest BCUT2D eigenvalue weighted by Crippen LogP contribution is 2.49. The first-order valence-corrected chi connectivity index (χ1v) is 7.98. The second-order valence-corrected chi connectivity index (χ2v) is 6.21. The summed E-state index contributed by atoms with van der Waals surface area (Å²) in [5, 5.41) is 3.01. The number of anilines is 1. The van der Waals surface area contributed by atoms with Crippen LogP contribution in [0.1, 0.15) is 23.5 Å². The van der Waals surface area contributed by atoms with Crippen LogP contribution in [0, 0.1) is 12.8 Å². The zero-order valence-electron chi connectivity index (χ0n) is 13.0. The SMILES string of the molecule is Cc1cccc(NC(=O)[C@H]2C[C@@H]2c2ccc3c(c2)OCCO3)c1. The van der Waals surface area contributed by atoms with Gasteiger partial charge in [0.2, 0.25) is 5.91 Å². The summed E-state index contributed by atoms with van der Waals surface area (Å²) in [6.45, 7) is 3.19. The van der Waals surface area contributed by atoms with Gasteiger partial charge in [0.1, 0.15) is 13.2 Å². The quantitative estimate of drug-likeness (QED) is 0.944. The Kier molecular flexibility index (Phi) is 3.45. The number of amides is 1. The van der Waals surface area contributed by atoms with Crippen LogP contribution in [0.2, 0.25) is 0 Å². The summed E-state index contributed by atoms with van der Waals surface area (Å²) in [7, 11) is 0. The summed E-state index contributed by atoms with van der Waals surface area (Å²) in [6.07, 6.45) is 0.886. The Morgan fingerprint density at radius 3 is 2.74 bits per heavy atom. The maximum atomic E-state index is 12.4. The number of fused-ring (bicyclic) bond motifs is 1. The fourth-order valence-corrected chi connectivity index (χ4v) is 3.10. The van der Waals surface area contributed by atoms with Crippen molar-refractivity contribution in [1.82, 2.24) is 0 Å². The van der Waals surface area contributed by atoms with Crippen molar-refractivity contribution in [2.75, 3.05) is 18.5 Å². The van der Waals surface area contributed by atoms with E-state index in [-0.39, 0.29) is 17.7 Å². The van der Waals surface area contributed by atoms with E-state index in [1.807, 2.05) is 49.4 Å². The Morgan fingerprint density at radius 1 is 1.09 bits per heavy atom. The molecule has 0 radical (unpaired) electrons. The summed E-state index contributed by atoms with van der Waals surface area (Å²) in [5.41, 5.74) is 3.16. The Bertz CT molecular complexity index is 756. The maximum absolute atomic E-state index is 12.4. The maximum Gasteiger partial charge on any atom is 0.228 e. The van der Waals surface area contributed by atoms with E-state index in [1.54, 1.807) is 0 Å². The van der Waals surface area contributed by atoms with Gasteiger partial charge in [0.15, 0.2) is 11.5 Å². The molecule has 2 aromatic rings. The van der Waals surface area contributed by atoms with E-state index in [0.717, 1.165) is 34.7 Å². The van der Waals surface area contributed by atoms with Gasteiger partial charge in [-0.05, 0) is 54.7 Å². The lowest BCUT2D eigenvalue weighted by Crippen LogP contribution is -2.16. The zero-order valence-corrected chi connectivity index (χ0v) is 13.0. The first-order chi connectivity index (χ1) is 11.2. The van der Waals surface area contributed by atoms with Crippen LogP contribution in [0.25, 0.3) is 0 Å². The average molecular weight is 309 g/mol. The highest BCUT2D eigenvalue weighted by Gasteiger charge is 2.44. The summed E-state index contributed by atoms with van der Waals surface area (Å²) in [4.78, 5) is 12.4. The smallest absolute Gasteiger partial charge is 0.228 e. The fourth-order valence-electron chi connectivity index (χ4n) is 3.10. The Morgan fingerprint density at radius 2 is 1.91 bits per heavy atom. The predicted molar refractivity (Wildman–Crippen MR) is 88.1 cm³/mol. The van der Waals surface area contributed by atoms with E-state index in [0.29, 0.717) is 13.2 Å². The molecule has 2 aliphatic rings. The van der Waals surface area contributed by atoms with Crippen LogP contribution in [0.4, 0.5) is 5.69 Å². The van der Waals surface area contributed by atoms with E-state index in [1.165, 1.54) is 0 Å². The molecule has 4 rings (SSSR count). The summed E-state index contributed by atoms with van der Waals surface area (Å²) in [5.74, 6) is 1.99. The molecule has 0 saturated heterocycles. The van der Waals surface area contributed by atoms with Crippen LogP contribution in [0.3, 0.4) is 0 Å². The van der Waals surface area contributed by atoms with Gasteiger partial charge in [-0.1, -0.05) is 18.2 Å². The van der Waals surface area contributed by atoms with Gasteiger partial charge in [-0.3, -0.25) is 4.79 Å². The van der Waals surface area contributed by atoms with Crippen molar-refractivity contribution in [3.8, 4) is 11.5 Å². The minimum Gasteiger partial charge on any atom is -0.486 e. The average Bonchev–Trinajstić information content (AvgIpc) is 3.35. The number of nitrogens with one attached hydrogen (secondary N) is 1. The predicted octanol–water partition coefficient (Wildman–Crippen LogP) is 3.51. The van der Waals surface area contributed by atoms with Crippen molar-refractivity contribution in [2.45, 2.75) is 19.3 Å². The van der Waals surface area contributed by atoms with Crippen molar-refractivity contribution in [2.24, 2.45) is 5.92 Å². The first kappa shape index (κ1) is 14.1. The first-order valence-electron chi connectivity index (χ1n) is 7.98. The highest BCUT2D eigenvalue weighted by molar-refractivity contribution is 5.95. The lowest BCUT2D eigenvalue weighted by atomic mass is 10.1. The van der Waals surface area contributed by atoms with Gasteiger partial charge < -0.3 is 14.8 Å². The number of ether oxygens (including phenoxy) is 2. The van der Waals surface area contributed by atoms with Gasteiger partial charge in [-0.2, -0.15) is 0 Å². The molecule has 0 aromatic heterocycles. The lowest BCUT2D eigenvalue weighted by molar-refractivity contribution is -0.117. The van der Waals surface area contributed by atoms with Crippen LogP contribution >= 0.6 is 0 Å². The number of benzene rings is 2. The summed E-state index contributed by atoms with van der Waals surface area (Å²) in [6, 6.07) is 13.9. The molecule has 1 saturated carbocycles. The molecule has 1 N–H and O–H groups in total. The molecule has 0 bridgehead atoms. The van der Waals surface area contributed by atoms with E-state index in [4.69, 9.17) is 9.47 Å². The normalized spacial score (nSPS) is 21.6. The third-order valence-corrected chi connectivity index (χ3v) is 4.41. The molecule has 1 amide bonds. The largest absolute Gasteiger partial charge is 0.486 e. The Balaban J connectivity index is 1.44. The van der Waals surface area contributed by atoms with E-state index >= 15 is 0 Å². The molecule has 4 heteroatoms. The van der Waals surface area contributed by atoms with Crippen LogP contribution in [0.15, 0.2) is 42.5 Å². The second-order valence-electron chi connectivity index (χ2n) is 6.21. The van der Waals surface area contributed by atoms with Gasteiger partial charge in [-0.15, -0.1) is 0 Å². The molecule has 2 atom stereocenters. The molecule has 23 heavy (non-hydrogen) atoms. The van der Waals surface area contributed by atoms with Crippen LogP contribution < -0.4 is 14.8 Å². The summed E-state index contributed by atoms with van der Waals surface area (Å²) >= 11 is 0. The third-order valence-electron chi connectivity index (χ3n) is 4.41. The molecule has 0 spiro atoms. The molecule has 4 nitrogen and oxygen atoms in total. The fraction of sp³-hybridized carbons (Fsp3) is 0.316. The summed E-state index contributed by atoms with van der Waals surface area (Å²) < 4.78 is 11.2. The number of hydrogen-bond donors (Lipinski definition) is 1. The number of hydrogen-bond acceptors (Lipinski definition) is 3.